The van der Waals surface area contributed by atoms with Gasteiger partial charge in [-0.2, -0.15) is 0 Å². The number of nitrogens with two attached hydrogens (primary N) is 1. The number of nitrogens with zero attached hydrogens (tertiary/aromatic N) is 1. The van der Waals surface area contributed by atoms with Crippen LogP contribution < -0.4 is 16.4 Å². The van der Waals surface area contributed by atoms with Gasteiger partial charge in [0.1, 0.15) is 0 Å². The van der Waals surface area contributed by atoms with Crippen LogP contribution in [0.3, 0.4) is 0 Å². The second-order valence-electron chi connectivity index (χ2n) is 5.31. The number of nitrogen functional groups attached to an aromatic ring is 1. The maximum atomic E-state index is 12.1. The van der Waals surface area contributed by atoms with E-state index in [0.717, 1.165) is 16.8 Å². The number of hydrogen-bond donors (Lipinski definition) is 4. The van der Waals surface area contributed by atoms with Crippen LogP contribution in [0.2, 0.25) is 5.02 Å². The number of hydrogen-bond acceptors (Lipinski definition) is 3. The molecule has 0 unspecified atom stereocenters. The third-order valence-electron chi connectivity index (χ3n) is 3.46. The largest absolute Gasteiger partial charge is 0.369 e. The molecule has 2 amide bonds. The number of anilines is 3. The molecule has 0 bridgehead atoms. The van der Waals surface area contributed by atoms with Gasteiger partial charge in [-0.15, -0.1) is 0 Å². The zero-order valence-corrected chi connectivity index (χ0v) is 13.7. The number of carbonyl (C=O) groups excluding carboxylic acids is 1. The number of aromatic nitrogens is 2. The topological polar surface area (TPSA) is 95.8 Å². The number of aromatic amines is 1. The molecule has 0 saturated carbocycles. The Morgan fingerprint density at radius 3 is 2.58 bits per heavy atom. The van der Waals surface area contributed by atoms with Gasteiger partial charge in [-0.05, 0) is 36.8 Å². The van der Waals surface area contributed by atoms with Gasteiger partial charge in [0.05, 0.1) is 11.9 Å². The highest BCUT2D eigenvalue weighted by Gasteiger charge is 2.06. The molecule has 122 valence electrons. The van der Waals surface area contributed by atoms with Crippen LogP contribution in [-0.2, 0) is 0 Å². The van der Waals surface area contributed by atoms with Crippen LogP contribution >= 0.6 is 11.6 Å². The number of rotatable bonds is 3. The molecule has 3 rings (SSSR count). The minimum Gasteiger partial charge on any atom is -0.369 e. The van der Waals surface area contributed by atoms with Gasteiger partial charge in [0.25, 0.3) is 0 Å². The number of urea groups is 1. The van der Waals surface area contributed by atoms with E-state index in [9.17, 15) is 4.79 Å². The fourth-order valence-corrected chi connectivity index (χ4v) is 2.39. The molecule has 3 aromatic rings. The van der Waals surface area contributed by atoms with Crippen molar-refractivity contribution in [1.29, 1.82) is 0 Å². The fourth-order valence-electron chi connectivity index (χ4n) is 2.21. The molecule has 5 N–H and O–H groups in total. The van der Waals surface area contributed by atoms with Crippen LogP contribution in [0.1, 0.15) is 5.56 Å². The summed E-state index contributed by atoms with van der Waals surface area (Å²) in [7, 11) is 0. The van der Waals surface area contributed by atoms with Crippen molar-refractivity contribution in [2.75, 3.05) is 16.4 Å². The van der Waals surface area contributed by atoms with E-state index in [1.807, 2.05) is 31.2 Å². The smallest absolute Gasteiger partial charge is 0.323 e. The van der Waals surface area contributed by atoms with Crippen molar-refractivity contribution < 1.29 is 4.79 Å². The number of H-pyrrole nitrogens is 1. The summed E-state index contributed by atoms with van der Waals surface area (Å²) in [5, 5.41) is 6.13. The molecule has 0 aliphatic rings. The van der Waals surface area contributed by atoms with Crippen molar-refractivity contribution in [2.45, 2.75) is 6.92 Å². The molecule has 1 aromatic heterocycles. The lowest BCUT2D eigenvalue weighted by Crippen LogP contribution is -2.19. The van der Waals surface area contributed by atoms with Crippen LogP contribution in [0, 0.1) is 6.92 Å². The van der Waals surface area contributed by atoms with Crippen molar-refractivity contribution in [1.82, 2.24) is 9.97 Å². The van der Waals surface area contributed by atoms with Gasteiger partial charge in [-0.25, -0.2) is 9.78 Å². The highest BCUT2D eigenvalue weighted by atomic mass is 35.5. The standard InChI is InChI=1S/C17H16ClN5O/c1-10-5-6-13(8-14(10)18)22-17(24)21-12-4-2-3-11(7-12)15-9-20-16(19)23-15/h2-9H,1H3,(H3,19,20,23)(H2,21,22,24). The predicted octanol–water partition coefficient (Wildman–Crippen LogP) is 4.26. The molecule has 0 fully saturated rings. The molecule has 0 spiro atoms. The van der Waals surface area contributed by atoms with Crippen molar-refractivity contribution in [2.24, 2.45) is 0 Å². The maximum Gasteiger partial charge on any atom is 0.323 e. The number of halogens is 1. The maximum absolute atomic E-state index is 12.1. The highest BCUT2D eigenvalue weighted by molar-refractivity contribution is 6.31. The molecule has 0 aliphatic carbocycles. The zero-order valence-electron chi connectivity index (χ0n) is 12.9. The normalized spacial score (nSPS) is 10.4. The monoisotopic (exact) mass is 341 g/mol. The summed E-state index contributed by atoms with van der Waals surface area (Å²) in [6.07, 6.45) is 1.64. The Bertz CT molecular complexity index is 890. The highest BCUT2D eigenvalue weighted by Crippen LogP contribution is 2.22. The Morgan fingerprint density at radius 1 is 1.17 bits per heavy atom. The first-order chi connectivity index (χ1) is 11.5. The van der Waals surface area contributed by atoms with Crippen LogP contribution in [0.25, 0.3) is 11.3 Å². The SMILES string of the molecule is Cc1ccc(NC(=O)Nc2cccc(-c3cnc(N)[nH]3)c2)cc1Cl. The van der Waals surface area contributed by atoms with Gasteiger partial charge < -0.3 is 21.4 Å². The number of benzene rings is 2. The quantitative estimate of drug-likeness (QED) is 0.573. The van der Waals surface area contributed by atoms with Crippen molar-refractivity contribution in [3.8, 4) is 11.3 Å². The average Bonchev–Trinajstić information content (AvgIpc) is 2.98. The van der Waals surface area contributed by atoms with Crippen LogP contribution in [0.5, 0.6) is 0 Å². The van der Waals surface area contributed by atoms with Gasteiger partial charge in [0.2, 0.25) is 0 Å². The lowest BCUT2D eigenvalue weighted by Gasteiger charge is -2.09. The van der Waals surface area contributed by atoms with Gasteiger partial charge in [-0.3, -0.25) is 0 Å². The van der Waals surface area contributed by atoms with E-state index in [-0.39, 0.29) is 6.03 Å². The number of carbonyl (C=O) groups is 1. The summed E-state index contributed by atoms with van der Waals surface area (Å²) in [4.78, 5) is 19.0. The van der Waals surface area contributed by atoms with Gasteiger partial charge in [-0.1, -0.05) is 29.8 Å². The molecule has 2 aromatic carbocycles. The van der Waals surface area contributed by atoms with Gasteiger partial charge in [0, 0.05) is 22.0 Å². The van der Waals surface area contributed by atoms with Gasteiger partial charge >= 0.3 is 6.03 Å². The van der Waals surface area contributed by atoms with E-state index in [4.69, 9.17) is 17.3 Å². The first-order valence-electron chi connectivity index (χ1n) is 7.26. The second kappa shape index (κ2) is 6.64. The third-order valence-corrected chi connectivity index (χ3v) is 3.86. The molecule has 0 aliphatic heterocycles. The van der Waals surface area contributed by atoms with E-state index >= 15 is 0 Å². The summed E-state index contributed by atoms with van der Waals surface area (Å²) in [5.74, 6) is 0.345. The lowest BCUT2D eigenvalue weighted by atomic mass is 10.1. The molecule has 24 heavy (non-hydrogen) atoms. The Labute approximate surface area is 144 Å². The molecule has 6 nitrogen and oxygen atoms in total. The Kier molecular flexibility index (Phi) is 4.39. The third kappa shape index (κ3) is 3.67. The zero-order chi connectivity index (χ0) is 17.1. The van der Waals surface area contributed by atoms with E-state index in [2.05, 4.69) is 20.6 Å². The summed E-state index contributed by atoms with van der Waals surface area (Å²) in [5.41, 5.74) is 9.46. The second-order valence-corrected chi connectivity index (χ2v) is 5.71. The molecule has 7 heteroatoms. The van der Waals surface area contributed by atoms with Crippen LogP contribution in [0.4, 0.5) is 22.1 Å². The molecular weight excluding hydrogens is 326 g/mol. The van der Waals surface area contributed by atoms with Crippen molar-refractivity contribution >= 4 is 35.0 Å². The van der Waals surface area contributed by atoms with Crippen molar-refractivity contribution in [3.05, 3.63) is 59.2 Å². The Morgan fingerprint density at radius 2 is 1.92 bits per heavy atom. The Balaban J connectivity index is 1.71. The minimum absolute atomic E-state index is 0.345. The van der Waals surface area contributed by atoms with E-state index < -0.39 is 0 Å². The van der Waals surface area contributed by atoms with Crippen LogP contribution in [-0.4, -0.2) is 16.0 Å². The number of imidazole rings is 1. The first-order valence-corrected chi connectivity index (χ1v) is 7.64. The van der Waals surface area contributed by atoms with E-state index in [1.54, 1.807) is 24.4 Å². The molecule has 0 atom stereocenters. The predicted molar refractivity (Wildman–Crippen MR) is 97.3 cm³/mol. The Hall–Kier alpha value is -2.99. The number of amides is 2. The average molecular weight is 342 g/mol. The molecule has 0 radical (unpaired) electrons. The number of nitrogens with one attached hydrogen (secondary N) is 3. The first kappa shape index (κ1) is 15.9. The summed E-state index contributed by atoms with van der Waals surface area (Å²) >= 11 is 6.06. The summed E-state index contributed by atoms with van der Waals surface area (Å²) in [6.45, 7) is 1.90. The number of aryl methyl sites for hydroxylation is 1. The molecule has 0 saturated heterocycles. The molecular formula is C17H16ClN5O. The van der Waals surface area contributed by atoms with Crippen molar-refractivity contribution in [3.63, 3.8) is 0 Å². The van der Waals surface area contributed by atoms with Gasteiger partial charge in [0.15, 0.2) is 5.95 Å². The van der Waals surface area contributed by atoms with Crippen LogP contribution in [0.15, 0.2) is 48.7 Å². The minimum atomic E-state index is -0.351. The lowest BCUT2D eigenvalue weighted by molar-refractivity contribution is 0.262. The summed E-state index contributed by atoms with van der Waals surface area (Å²) in [6, 6.07) is 12.4. The fraction of sp³-hybridized carbons (Fsp3) is 0.0588. The summed E-state index contributed by atoms with van der Waals surface area (Å²) < 4.78 is 0. The van der Waals surface area contributed by atoms with E-state index in [1.165, 1.54) is 0 Å². The van der Waals surface area contributed by atoms with E-state index in [0.29, 0.717) is 22.3 Å². The molecule has 1 heterocycles.